The standard InChI is InChI=1S/C6H12O6P2.2H3N/c7-13(8)11-5-3-1-2-4-6-12-14(9)10;;/h1-6H2;2*1H3/q-4;;/p+2. The van der Waals surface area contributed by atoms with E-state index in [0.717, 1.165) is 12.8 Å². The Kier molecular flexibility index (Phi) is 21.2. The third-order valence-electron chi connectivity index (χ3n) is 1.43. The highest BCUT2D eigenvalue weighted by atomic mass is 31.2. The van der Waals surface area contributed by atoms with E-state index in [9.17, 15) is 19.6 Å². The van der Waals surface area contributed by atoms with Crippen molar-refractivity contribution in [2.75, 3.05) is 13.2 Å². The zero-order valence-electron chi connectivity index (χ0n) is 9.59. The Hall–Kier alpha value is 0.540. The minimum absolute atomic E-state index is 0. The SMILES string of the molecule is [NH4+].[NH4+].[O-]P([O-])OCCCCCCOP([O-])[O-]. The van der Waals surface area contributed by atoms with Gasteiger partial charge in [-0.2, -0.15) is 17.2 Å². The number of hydrogen-bond acceptors (Lipinski definition) is 6. The number of rotatable bonds is 9. The molecular weight excluding hydrogens is 258 g/mol. The van der Waals surface area contributed by atoms with Crippen molar-refractivity contribution in [1.29, 1.82) is 0 Å². The van der Waals surface area contributed by atoms with Crippen molar-refractivity contribution >= 4 is 17.2 Å². The fraction of sp³-hybridized carbons (Fsp3) is 1.00. The first-order valence-corrected chi connectivity index (χ1v) is 6.36. The molecule has 0 unspecified atom stereocenters. The average Bonchev–Trinajstić information content (AvgIpc) is 2.08. The van der Waals surface area contributed by atoms with Gasteiger partial charge in [0.1, 0.15) is 0 Å². The highest BCUT2D eigenvalue weighted by Crippen LogP contribution is 2.15. The summed E-state index contributed by atoms with van der Waals surface area (Å²) in [6.45, 7) is 0.380. The second-order valence-corrected chi connectivity index (χ2v) is 3.94. The lowest BCUT2D eigenvalue weighted by molar-refractivity contribution is -0.320. The highest BCUT2D eigenvalue weighted by Gasteiger charge is 1.89. The van der Waals surface area contributed by atoms with Crippen LogP contribution in [-0.2, 0) is 9.05 Å². The molecule has 0 amide bonds. The zero-order chi connectivity index (χ0) is 10.8. The first-order chi connectivity index (χ1) is 6.63. The lowest BCUT2D eigenvalue weighted by Gasteiger charge is -2.29. The van der Waals surface area contributed by atoms with Crippen LogP contribution in [0.1, 0.15) is 25.7 Å². The molecule has 102 valence electrons. The van der Waals surface area contributed by atoms with E-state index in [0.29, 0.717) is 12.8 Å². The van der Waals surface area contributed by atoms with Crippen molar-refractivity contribution < 1.29 is 28.6 Å². The van der Waals surface area contributed by atoms with Gasteiger partial charge >= 0.3 is 0 Å². The molecule has 0 atom stereocenters. The van der Waals surface area contributed by atoms with Crippen LogP contribution in [0.2, 0.25) is 0 Å². The fourth-order valence-corrected chi connectivity index (χ4v) is 1.39. The molecule has 0 aliphatic rings. The molecule has 0 saturated carbocycles. The molecule has 0 aromatic rings. The van der Waals surface area contributed by atoms with Crippen LogP contribution in [-0.4, -0.2) is 13.2 Å². The molecule has 8 N–H and O–H groups in total. The van der Waals surface area contributed by atoms with Crippen LogP contribution < -0.4 is 31.9 Å². The first kappa shape index (κ1) is 21.8. The smallest absolute Gasteiger partial charge is 0.0476 e. The Bertz CT molecular complexity index is 118. The third kappa shape index (κ3) is 20.0. The van der Waals surface area contributed by atoms with E-state index in [1.165, 1.54) is 0 Å². The predicted octanol–water partition coefficient (Wildman–Crippen LogP) is -0.773. The minimum Gasteiger partial charge on any atom is -0.820 e. The van der Waals surface area contributed by atoms with E-state index in [1.54, 1.807) is 0 Å². The van der Waals surface area contributed by atoms with Gasteiger partial charge in [0.15, 0.2) is 0 Å². The van der Waals surface area contributed by atoms with Crippen molar-refractivity contribution in [3.8, 4) is 0 Å². The molecule has 0 heterocycles. The van der Waals surface area contributed by atoms with E-state index >= 15 is 0 Å². The number of unbranched alkanes of at least 4 members (excludes halogenated alkanes) is 3. The monoisotopic (exact) mass is 278 g/mol. The molecule has 10 heteroatoms. The van der Waals surface area contributed by atoms with Crippen molar-refractivity contribution in [2.24, 2.45) is 0 Å². The van der Waals surface area contributed by atoms with E-state index in [2.05, 4.69) is 9.05 Å². The summed E-state index contributed by atoms with van der Waals surface area (Å²) in [6, 6.07) is 0. The minimum atomic E-state index is -2.74. The van der Waals surface area contributed by atoms with Crippen molar-refractivity contribution in [3.05, 3.63) is 0 Å². The highest BCUT2D eigenvalue weighted by molar-refractivity contribution is 7.36. The lowest BCUT2D eigenvalue weighted by Crippen LogP contribution is -2.11. The molecule has 0 aromatic heterocycles. The van der Waals surface area contributed by atoms with Crippen molar-refractivity contribution in [1.82, 2.24) is 12.3 Å². The zero-order valence-corrected chi connectivity index (χ0v) is 11.4. The molecule has 16 heavy (non-hydrogen) atoms. The third-order valence-corrected chi connectivity index (χ3v) is 2.22. The second-order valence-electron chi connectivity index (χ2n) is 2.53. The van der Waals surface area contributed by atoms with E-state index < -0.39 is 17.2 Å². The van der Waals surface area contributed by atoms with Gasteiger partial charge < -0.3 is 40.9 Å². The van der Waals surface area contributed by atoms with Gasteiger partial charge in [0, 0.05) is 13.2 Å². The summed E-state index contributed by atoms with van der Waals surface area (Å²) >= 11 is 0. The molecule has 0 aliphatic carbocycles. The number of quaternary nitrogens is 2. The van der Waals surface area contributed by atoms with E-state index in [-0.39, 0.29) is 25.5 Å². The molecule has 0 aromatic carbocycles. The van der Waals surface area contributed by atoms with E-state index in [1.807, 2.05) is 0 Å². The Morgan fingerprint density at radius 2 is 0.938 bits per heavy atom. The van der Waals surface area contributed by atoms with Crippen LogP contribution in [0.3, 0.4) is 0 Å². The molecule has 0 saturated heterocycles. The quantitative estimate of drug-likeness (QED) is 0.411. The molecule has 0 spiro atoms. The maximum atomic E-state index is 9.94. The van der Waals surface area contributed by atoms with Gasteiger partial charge in [-0.15, -0.1) is 0 Å². The van der Waals surface area contributed by atoms with Crippen molar-refractivity contribution in [3.63, 3.8) is 0 Å². The topological polar surface area (TPSA) is 184 Å². The van der Waals surface area contributed by atoms with Gasteiger partial charge in [0.2, 0.25) is 0 Å². The van der Waals surface area contributed by atoms with Crippen LogP contribution in [0.4, 0.5) is 0 Å². The van der Waals surface area contributed by atoms with Crippen LogP contribution >= 0.6 is 17.2 Å². The summed E-state index contributed by atoms with van der Waals surface area (Å²) in [5, 5.41) is 0. The van der Waals surface area contributed by atoms with Gasteiger partial charge in [-0.1, -0.05) is 12.8 Å². The summed E-state index contributed by atoms with van der Waals surface area (Å²) < 4.78 is 8.62. The normalized spacial score (nSPS) is 10.1. The van der Waals surface area contributed by atoms with Gasteiger partial charge in [0.05, 0.1) is 0 Å². The Balaban J connectivity index is -0.000000845. The molecular formula is C6H20N2O6P2-2. The van der Waals surface area contributed by atoms with Crippen LogP contribution in [0.25, 0.3) is 0 Å². The Morgan fingerprint density at radius 1 is 0.625 bits per heavy atom. The number of hydrogen-bond donors (Lipinski definition) is 2. The predicted molar refractivity (Wildman–Crippen MR) is 56.2 cm³/mol. The molecule has 0 fully saturated rings. The maximum Gasteiger partial charge on any atom is 0.0476 e. The van der Waals surface area contributed by atoms with Crippen LogP contribution in [0, 0.1) is 0 Å². The average molecular weight is 278 g/mol. The molecule has 0 bridgehead atoms. The van der Waals surface area contributed by atoms with Gasteiger partial charge in [0.25, 0.3) is 0 Å². The van der Waals surface area contributed by atoms with Gasteiger partial charge in [-0.3, -0.25) is 0 Å². The summed E-state index contributed by atoms with van der Waals surface area (Å²) in [5.41, 5.74) is 0. The van der Waals surface area contributed by atoms with Crippen molar-refractivity contribution in [2.45, 2.75) is 25.7 Å². The summed E-state index contributed by atoms with van der Waals surface area (Å²) in [4.78, 5) is 39.7. The van der Waals surface area contributed by atoms with Crippen LogP contribution in [0.5, 0.6) is 0 Å². The molecule has 0 aliphatic heterocycles. The van der Waals surface area contributed by atoms with Gasteiger partial charge in [-0.05, 0) is 12.8 Å². The first-order valence-electron chi connectivity index (χ1n) is 4.17. The summed E-state index contributed by atoms with van der Waals surface area (Å²) in [6.07, 6.45) is 2.88. The Morgan fingerprint density at radius 3 is 1.19 bits per heavy atom. The fourth-order valence-electron chi connectivity index (χ4n) is 0.836. The lowest BCUT2D eigenvalue weighted by atomic mass is 10.2. The maximum absolute atomic E-state index is 9.94. The molecule has 8 nitrogen and oxygen atoms in total. The largest absolute Gasteiger partial charge is 0.820 e. The Labute approximate surface area is 97.8 Å². The summed E-state index contributed by atoms with van der Waals surface area (Å²) in [5.74, 6) is 0. The van der Waals surface area contributed by atoms with Gasteiger partial charge in [-0.25, -0.2) is 0 Å². The van der Waals surface area contributed by atoms with E-state index in [4.69, 9.17) is 0 Å². The molecule has 0 rings (SSSR count). The second kappa shape index (κ2) is 15.5. The molecule has 0 radical (unpaired) electrons. The van der Waals surface area contributed by atoms with Crippen LogP contribution in [0.15, 0.2) is 0 Å². The summed E-state index contributed by atoms with van der Waals surface area (Å²) in [7, 11) is -5.48.